The first kappa shape index (κ1) is 12.9. The summed E-state index contributed by atoms with van der Waals surface area (Å²) in [5.41, 5.74) is 7.02. The number of ether oxygens (including phenoxy) is 1. The molecule has 0 unspecified atom stereocenters. The van der Waals surface area contributed by atoms with E-state index >= 15 is 0 Å². The number of nitrogens with zero attached hydrogens (tertiary/aromatic N) is 3. The lowest BCUT2D eigenvalue weighted by Crippen LogP contribution is -2.08. The highest BCUT2D eigenvalue weighted by Gasteiger charge is 2.15. The molecule has 6 heteroatoms. The molecule has 1 atom stereocenters. The summed E-state index contributed by atoms with van der Waals surface area (Å²) in [6, 6.07) is 5.78. The number of hydrogen-bond acceptors (Lipinski definition) is 5. The molecule has 5 nitrogen and oxygen atoms in total. The highest BCUT2D eigenvalue weighted by molar-refractivity contribution is 7.99. The van der Waals surface area contributed by atoms with E-state index in [-0.39, 0.29) is 6.04 Å². The van der Waals surface area contributed by atoms with Crippen LogP contribution in [0, 0.1) is 0 Å². The Hall–Kier alpha value is -1.53. The van der Waals surface area contributed by atoms with Gasteiger partial charge in [0.05, 0.1) is 7.11 Å². The van der Waals surface area contributed by atoms with Crippen LogP contribution in [-0.2, 0) is 7.05 Å². The fourth-order valence-corrected chi connectivity index (χ4v) is 2.73. The summed E-state index contributed by atoms with van der Waals surface area (Å²) in [4.78, 5) is 5.24. The Labute approximate surface area is 110 Å². The van der Waals surface area contributed by atoms with Gasteiger partial charge < -0.3 is 10.5 Å². The molecule has 0 amide bonds. The molecule has 0 spiro atoms. The SMILES string of the molecule is COc1cccc(Sc2ncnn2C)c1[C@H](C)N. The van der Waals surface area contributed by atoms with Gasteiger partial charge in [-0.15, -0.1) is 0 Å². The first-order chi connectivity index (χ1) is 8.63. The zero-order valence-electron chi connectivity index (χ0n) is 10.6. The number of hydrogen-bond donors (Lipinski definition) is 1. The topological polar surface area (TPSA) is 66.0 Å². The van der Waals surface area contributed by atoms with Gasteiger partial charge in [-0.05, 0) is 30.8 Å². The van der Waals surface area contributed by atoms with Crippen molar-refractivity contribution >= 4 is 11.8 Å². The molecule has 2 aromatic rings. The molecule has 1 aromatic carbocycles. The smallest absolute Gasteiger partial charge is 0.190 e. The molecular weight excluding hydrogens is 248 g/mol. The van der Waals surface area contributed by atoms with Crippen molar-refractivity contribution in [2.45, 2.75) is 23.0 Å². The Balaban J connectivity index is 2.41. The number of aromatic nitrogens is 3. The molecule has 1 heterocycles. The number of rotatable bonds is 4. The van der Waals surface area contributed by atoms with Crippen LogP contribution in [0.4, 0.5) is 0 Å². The first-order valence-corrected chi connectivity index (χ1v) is 6.39. The average molecular weight is 264 g/mol. The average Bonchev–Trinajstić information content (AvgIpc) is 2.74. The Bertz CT molecular complexity index is 539. The molecule has 0 bridgehead atoms. The van der Waals surface area contributed by atoms with Gasteiger partial charge >= 0.3 is 0 Å². The number of methoxy groups -OCH3 is 1. The second-order valence-electron chi connectivity index (χ2n) is 3.93. The van der Waals surface area contributed by atoms with Gasteiger partial charge in [0.1, 0.15) is 12.1 Å². The van der Waals surface area contributed by atoms with Crippen molar-refractivity contribution in [3.8, 4) is 5.75 Å². The maximum Gasteiger partial charge on any atom is 0.190 e. The fraction of sp³-hybridized carbons (Fsp3) is 0.333. The van der Waals surface area contributed by atoms with Crippen LogP contribution < -0.4 is 10.5 Å². The Morgan fingerprint density at radius 2 is 2.22 bits per heavy atom. The predicted octanol–water partition coefficient (Wildman–Crippen LogP) is 1.99. The van der Waals surface area contributed by atoms with Crippen molar-refractivity contribution in [2.24, 2.45) is 12.8 Å². The van der Waals surface area contributed by atoms with Gasteiger partial charge in [0.2, 0.25) is 0 Å². The van der Waals surface area contributed by atoms with E-state index in [1.54, 1.807) is 11.8 Å². The van der Waals surface area contributed by atoms with Gasteiger partial charge in [-0.2, -0.15) is 5.10 Å². The van der Waals surface area contributed by atoms with Crippen molar-refractivity contribution in [1.82, 2.24) is 14.8 Å². The van der Waals surface area contributed by atoms with Gasteiger partial charge in [-0.1, -0.05) is 6.07 Å². The van der Waals surface area contributed by atoms with Crippen LogP contribution in [0.5, 0.6) is 5.75 Å². The summed E-state index contributed by atoms with van der Waals surface area (Å²) in [6.07, 6.45) is 1.54. The highest BCUT2D eigenvalue weighted by Crippen LogP contribution is 2.36. The molecule has 0 aliphatic heterocycles. The van der Waals surface area contributed by atoms with Crippen LogP contribution in [0.3, 0.4) is 0 Å². The zero-order chi connectivity index (χ0) is 13.1. The maximum atomic E-state index is 6.02. The molecule has 1 aromatic heterocycles. The van der Waals surface area contributed by atoms with Gasteiger partial charge in [-0.3, -0.25) is 0 Å². The van der Waals surface area contributed by atoms with Gasteiger partial charge in [0, 0.05) is 23.5 Å². The van der Waals surface area contributed by atoms with Crippen molar-refractivity contribution in [3.05, 3.63) is 30.1 Å². The third kappa shape index (κ3) is 2.49. The minimum absolute atomic E-state index is 0.100. The number of nitrogens with two attached hydrogens (primary N) is 1. The van der Waals surface area contributed by atoms with E-state index in [0.29, 0.717) is 0 Å². The fourth-order valence-electron chi connectivity index (χ4n) is 1.72. The standard InChI is InChI=1S/C12H16N4OS/c1-8(13)11-9(17-3)5-4-6-10(11)18-12-14-7-15-16(12)2/h4-8H,13H2,1-3H3/t8-/m0/s1. The van der Waals surface area contributed by atoms with Crippen molar-refractivity contribution in [1.29, 1.82) is 0 Å². The lowest BCUT2D eigenvalue weighted by Gasteiger charge is -2.15. The Morgan fingerprint density at radius 1 is 1.44 bits per heavy atom. The molecule has 0 saturated heterocycles. The van der Waals surface area contributed by atoms with Crippen LogP contribution in [0.1, 0.15) is 18.5 Å². The molecule has 0 radical (unpaired) electrons. The lowest BCUT2D eigenvalue weighted by molar-refractivity contribution is 0.405. The van der Waals surface area contributed by atoms with E-state index in [1.165, 1.54) is 18.1 Å². The summed E-state index contributed by atoms with van der Waals surface area (Å²) in [6.45, 7) is 1.94. The van der Waals surface area contributed by atoms with Gasteiger partial charge in [0.25, 0.3) is 0 Å². The molecular formula is C12H16N4OS. The molecule has 2 rings (SSSR count). The highest BCUT2D eigenvalue weighted by atomic mass is 32.2. The lowest BCUT2D eigenvalue weighted by atomic mass is 10.1. The summed E-state index contributed by atoms with van der Waals surface area (Å²) in [7, 11) is 3.51. The molecule has 0 aliphatic rings. The van der Waals surface area contributed by atoms with E-state index in [0.717, 1.165) is 21.4 Å². The minimum atomic E-state index is -0.100. The summed E-state index contributed by atoms with van der Waals surface area (Å²) < 4.78 is 7.09. The van der Waals surface area contributed by atoms with E-state index in [2.05, 4.69) is 10.1 Å². The molecule has 0 aliphatic carbocycles. The van der Waals surface area contributed by atoms with Crippen molar-refractivity contribution < 1.29 is 4.74 Å². The van der Waals surface area contributed by atoms with Gasteiger partial charge in [0.15, 0.2) is 5.16 Å². The van der Waals surface area contributed by atoms with Crippen molar-refractivity contribution in [3.63, 3.8) is 0 Å². The molecule has 96 valence electrons. The second-order valence-corrected chi connectivity index (χ2v) is 4.94. The minimum Gasteiger partial charge on any atom is -0.496 e. The second kappa shape index (κ2) is 5.41. The quantitative estimate of drug-likeness (QED) is 0.915. The molecule has 18 heavy (non-hydrogen) atoms. The van der Waals surface area contributed by atoms with Crippen LogP contribution in [-0.4, -0.2) is 21.9 Å². The summed E-state index contributed by atoms with van der Waals surface area (Å²) >= 11 is 1.53. The van der Waals surface area contributed by atoms with Crippen molar-refractivity contribution in [2.75, 3.05) is 7.11 Å². The van der Waals surface area contributed by atoms with E-state index < -0.39 is 0 Å². The monoisotopic (exact) mass is 264 g/mol. The molecule has 0 saturated carbocycles. The first-order valence-electron chi connectivity index (χ1n) is 5.57. The summed E-state index contributed by atoms with van der Waals surface area (Å²) in [5.74, 6) is 0.803. The third-order valence-electron chi connectivity index (χ3n) is 2.57. The van der Waals surface area contributed by atoms with E-state index in [9.17, 15) is 0 Å². The van der Waals surface area contributed by atoms with E-state index in [4.69, 9.17) is 10.5 Å². The maximum absolute atomic E-state index is 6.02. The summed E-state index contributed by atoms with van der Waals surface area (Å²) in [5, 5.41) is 4.88. The van der Waals surface area contributed by atoms with Crippen LogP contribution in [0.25, 0.3) is 0 Å². The molecule has 2 N–H and O–H groups in total. The Kier molecular flexibility index (Phi) is 3.88. The van der Waals surface area contributed by atoms with Gasteiger partial charge in [-0.25, -0.2) is 9.67 Å². The largest absolute Gasteiger partial charge is 0.496 e. The normalized spacial score (nSPS) is 12.4. The predicted molar refractivity (Wildman–Crippen MR) is 70.7 cm³/mol. The van der Waals surface area contributed by atoms with Crippen LogP contribution in [0.15, 0.2) is 34.6 Å². The third-order valence-corrected chi connectivity index (χ3v) is 3.70. The Morgan fingerprint density at radius 3 is 2.78 bits per heavy atom. The van der Waals surface area contributed by atoms with Crippen LogP contribution >= 0.6 is 11.8 Å². The number of benzene rings is 1. The number of aryl methyl sites for hydroxylation is 1. The van der Waals surface area contributed by atoms with Crippen LogP contribution in [0.2, 0.25) is 0 Å². The van der Waals surface area contributed by atoms with E-state index in [1.807, 2.05) is 32.2 Å². The molecule has 0 fully saturated rings. The zero-order valence-corrected chi connectivity index (χ0v) is 11.4.